The van der Waals surface area contributed by atoms with Crippen LogP contribution in [0.3, 0.4) is 0 Å². The highest BCUT2D eigenvalue weighted by Crippen LogP contribution is 2.34. The average Bonchev–Trinajstić information content (AvgIpc) is 3.62. The van der Waals surface area contributed by atoms with Crippen molar-refractivity contribution in [3.05, 3.63) is 95.1 Å². The minimum atomic E-state index is -0.0435. The molecule has 3 heterocycles. The number of carbonyl (C=O) groups is 1. The zero-order chi connectivity index (χ0) is 25.0. The van der Waals surface area contributed by atoms with Gasteiger partial charge in [-0.3, -0.25) is 14.7 Å². The van der Waals surface area contributed by atoms with Gasteiger partial charge in [-0.25, -0.2) is 4.98 Å². The van der Waals surface area contributed by atoms with Crippen LogP contribution in [0.2, 0.25) is 0 Å². The Balaban J connectivity index is 0.00000294. The fourth-order valence-corrected chi connectivity index (χ4v) is 5.71. The molecule has 1 amide bonds. The van der Waals surface area contributed by atoms with Crippen molar-refractivity contribution >= 4 is 33.9 Å². The van der Waals surface area contributed by atoms with Gasteiger partial charge in [0.1, 0.15) is 5.82 Å². The van der Waals surface area contributed by atoms with E-state index in [0.29, 0.717) is 6.54 Å². The van der Waals surface area contributed by atoms with Gasteiger partial charge < -0.3 is 15.6 Å². The van der Waals surface area contributed by atoms with Gasteiger partial charge in [-0.05, 0) is 73.5 Å². The molecule has 198 valence electrons. The van der Waals surface area contributed by atoms with Crippen LogP contribution in [0.1, 0.15) is 59.9 Å². The minimum Gasteiger partial charge on any atom is -0.351 e. The number of benzene rings is 2. The Morgan fingerprint density at radius 2 is 1.82 bits per heavy atom. The van der Waals surface area contributed by atoms with Crippen molar-refractivity contribution in [1.82, 2.24) is 30.5 Å². The van der Waals surface area contributed by atoms with Crippen LogP contribution < -0.4 is 10.6 Å². The summed E-state index contributed by atoms with van der Waals surface area (Å²) in [5, 5.41) is 6.34. The number of fused-ring (bicyclic) bond motifs is 2. The highest BCUT2D eigenvalue weighted by molar-refractivity contribution is 8.93. The number of aryl methyl sites for hydroxylation is 1. The smallest absolute Gasteiger partial charge is 0.237 e. The normalized spacial score (nSPS) is 18.8. The van der Waals surface area contributed by atoms with E-state index in [-0.39, 0.29) is 35.0 Å². The summed E-state index contributed by atoms with van der Waals surface area (Å²) in [4.78, 5) is 28.1. The number of hydrogen-bond acceptors (Lipinski definition) is 5. The van der Waals surface area contributed by atoms with E-state index in [1.165, 1.54) is 16.8 Å². The van der Waals surface area contributed by atoms with E-state index >= 15 is 0 Å². The molecule has 6 rings (SSSR count). The van der Waals surface area contributed by atoms with E-state index in [0.717, 1.165) is 74.2 Å². The third kappa shape index (κ3) is 5.98. The number of amides is 1. The maximum atomic E-state index is 12.3. The summed E-state index contributed by atoms with van der Waals surface area (Å²) in [5.41, 5.74) is 6.98. The lowest BCUT2D eigenvalue weighted by Crippen LogP contribution is -2.39. The van der Waals surface area contributed by atoms with E-state index in [1.807, 2.05) is 24.4 Å². The minimum absolute atomic E-state index is 0. The molecule has 2 atom stereocenters. The molecule has 0 spiro atoms. The summed E-state index contributed by atoms with van der Waals surface area (Å²) >= 11 is 0. The van der Waals surface area contributed by atoms with Gasteiger partial charge in [0.15, 0.2) is 0 Å². The Hall–Kier alpha value is -3.07. The summed E-state index contributed by atoms with van der Waals surface area (Å²) in [6.07, 6.45) is 7.25. The van der Waals surface area contributed by atoms with Gasteiger partial charge in [0.2, 0.25) is 5.91 Å². The molecule has 1 fully saturated rings. The predicted octanol–water partition coefficient (Wildman–Crippen LogP) is 4.98. The van der Waals surface area contributed by atoms with Crippen molar-refractivity contribution in [3.8, 4) is 0 Å². The molecule has 1 saturated heterocycles. The second-order valence-corrected chi connectivity index (χ2v) is 10.2. The lowest BCUT2D eigenvalue weighted by atomic mass is 9.90. The first-order valence-electron chi connectivity index (χ1n) is 13.4. The molecule has 1 unspecified atom stereocenters. The van der Waals surface area contributed by atoms with Crippen molar-refractivity contribution in [1.29, 1.82) is 0 Å². The Morgan fingerprint density at radius 1 is 0.974 bits per heavy atom. The monoisotopic (exact) mass is 574 g/mol. The topological polar surface area (TPSA) is 85.9 Å². The maximum Gasteiger partial charge on any atom is 0.237 e. The number of carbonyl (C=O) groups excluding carboxylic acids is 1. The standard InChI is InChI=1S/C30H34N6O.BrH/c37-30(26-10-5-16-31-26)33-18-21-12-14-22(15-13-21)19-36(20-28-34-24-8-1-2-9-25(24)35-28)27-11-3-6-23-7-4-17-32-29(23)27;/h1-2,4,7-9,12-15,17,26-27,31H,3,5-6,10-11,16,18-20H2,(H,33,37)(H,34,35);1H/t26-,27?;/m0./s1. The Kier molecular flexibility index (Phi) is 8.51. The molecule has 2 aliphatic rings. The van der Waals surface area contributed by atoms with Crippen molar-refractivity contribution in [2.75, 3.05) is 6.54 Å². The van der Waals surface area contributed by atoms with E-state index in [1.54, 1.807) is 0 Å². The van der Waals surface area contributed by atoms with Crippen LogP contribution >= 0.6 is 17.0 Å². The molecule has 1 aliphatic heterocycles. The Labute approximate surface area is 234 Å². The molecule has 8 heteroatoms. The van der Waals surface area contributed by atoms with Crippen LogP contribution in [-0.2, 0) is 30.8 Å². The summed E-state index contributed by atoms with van der Waals surface area (Å²) in [7, 11) is 0. The zero-order valence-electron chi connectivity index (χ0n) is 21.5. The van der Waals surface area contributed by atoms with Crippen LogP contribution in [0.25, 0.3) is 11.0 Å². The highest BCUT2D eigenvalue weighted by Gasteiger charge is 2.28. The van der Waals surface area contributed by atoms with Gasteiger partial charge in [0.05, 0.1) is 35.4 Å². The van der Waals surface area contributed by atoms with Crippen LogP contribution in [0.15, 0.2) is 66.9 Å². The van der Waals surface area contributed by atoms with Crippen LogP contribution in [0.5, 0.6) is 0 Å². The molecule has 0 bridgehead atoms. The molecular formula is C30H35BrN6O. The number of nitrogens with zero attached hydrogens (tertiary/aromatic N) is 3. The quantitative estimate of drug-likeness (QED) is 0.276. The van der Waals surface area contributed by atoms with Gasteiger partial charge in [-0.15, -0.1) is 17.0 Å². The van der Waals surface area contributed by atoms with Crippen molar-refractivity contribution in [3.63, 3.8) is 0 Å². The van der Waals surface area contributed by atoms with Crippen molar-refractivity contribution in [2.45, 2.75) is 63.8 Å². The van der Waals surface area contributed by atoms with Gasteiger partial charge in [-0.1, -0.05) is 42.5 Å². The average molecular weight is 576 g/mol. The molecule has 38 heavy (non-hydrogen) atoms. The molecule has 2 aromatic heterocycles. The molecule has 7 nitrogen and oxygen atoms in total. The third-order valence-electron chi connectivity index (χ3n) is 7.65. The second kappa shape index (κ2) is 12.2. The number of aromatic amines is 1. The van der Waals surface area contributed by atoms with Crippen molar-refractivity contribution < 1.29 is 4.79 Å². The predicted molar refractivity (Wildman–Crippen MR) is 155 cm³/mol. The lowest BCUT2D eigenvalue weighted by molar-refractivity contribution is -0.122. The van der Waals surface area contributed by atoms with E-state index < -0.39 is 0 Å². The number of para-hydroxylation sites is 2. The molecule has 1 aliphatic carbocycles. The number of nitrogens with one attached hydrogen (secondary N) is 3. The van der Waals surface area contributed by atoms with E-state index in [9.17, 15) is 4.79 Å². The van der Waals surface area contributed by atoms with Gasteiger partial charge in [-0.2, -0.15) is 0 Å². The number of imidazole rings is 1. The Morgan fingerprint density at radius 3 is 2.63 bits per heavy atom. The molecule has 4 aromatic rings. The van der Waals surface area contributed by atoms with Crippen molar-refractivity contribution in [2.24, 2.45) is 0 Å². The number of pyridine rings is 1. The summed E-state index contributed by atoms with van der Waals surface area (Å²) < 4.78 is 0. The molecular weight excluding hydrogens is 540 g/mol. The fraction of sp³-hybridized carbons (Fsp3) is 0.367. The molecule has 0 saturated carbocycles. The van der Waals surface area contributed by atoms with Crippen LogP contribution in [-0.4, -0.2) is 38.3 Å². The van der Waals surface area contributed by atoms with E-state index in [4.69, 9.17) is 9.97 Å². The van der Waals surface area contributed by atoms with Crippen LogP contribution in [0, 0.1) is 0 Å². The van der Waals surface area contributed by atoms with Crippen LogP contribution in [0.4, 0.5) is 0 Å². The SMILES string of the molecule is Br.O=C(NCc1ccc(CN(Cc2nc3ccccc3[nH]2)C2CCCc3cccnc32)cc1)[C@@H]1CCCN1. The number of rotatable bonds is 8. The molecule has 3 N–H and O–H groups in total. The fourth-order valence-electron chi connectivity index (χ4n) is 5.71. The Bertz CT molecular complexity index is 1330. The number of H-pyrrole nitrogens is 1. The summed E-state index contributed by atoms with van der Waals surface area (Å²) in [5.74, 6) is 1.08. The number of hydrogen-bond donors (Lipinski definition) is 3. The second-order valence-electron chi connectivity index (χ2n) is 10.2. The van der Waals surface area contributed by atoms with Gasteiger partial charge >= 0.3 is 0 Å². The molecule has 2 aromatic carbocycles. The first-order chi connectivity index (χ1) is 18.2. The lowest BCUT2D eigenvalue weighted by Gasteiger charge is -2.34. The van der Waals surface area contributed by atoms with E-state index in [2.05, 4.69) is 63.0 Å². The van der Waals surface area contributed by atoms with Gasteiger partial charge in [0, 0.05) is 19.3 Å². The zero-order valence-corrected chi connectivity index (χ0v) is 23.2. The summed E-state index contributed by atoms with van der Waals surface area (Å²) in [6, 6.07) is 21.3. The first kappa shape index (κ1) is 26.5. The number of aromatic nitrogens is 3. The van der Waals surface area contributed by atoms with Gasteiger partial charge in [0.25, 0.3) is 0 Å². The third-order valence-corrected chi connectivity index (χ3v) is 7.65. The molecule has 0 radical (unpaired) electrons. The maximum absolute atomic E-state index is 12.3. The summed E-state index contributed by atoms with van der Waals surface area (Å²) in [6.45, 7) is 3.01. The number of halogens is 1. The largest absolute Gasteiger partial charge is 0.351 e. The first-order valence-corrected chi connectivity index (χ1v) is 13.4. The highest BCUT2D eigenvalue weighted by atomic mass is 79.9.